The molecule has 2 unspecified atom stereocenters. The molecule has 1 aliphatic rings. The highest BCUT2D eigenvalue weighted by molar-refractivity contribution is 7.99. The summed E-state index contributed by atoms with van der Waals surface area (Å²) >= 11 is 1.80. The summed E-state index contributed by atoms with van der Waals surface area (Å²) < 4.78 is 0. The van der Waals surface area contributed by atoms with Crippen LogP contribution in [0.5, 0.6) is 0 Å². The van der Waals surface area contributed by atoms with E-state index in [2.05, 4.69) is 16.9 Å². The molecule has 6 heteroatoms. The van der Waals surface area contributed by atoms with Crippen LogP contribution in [0.15, 0.2) is 0 Å². The predicted molar refractivity (Wildman–Crippen MR) is 69.8 cm³/mol. The summed E-state index contributed by atoms with van der Waals surface area (Å²) in [6.45, 7) is -0.0578. The molecule has 0 heterocycles. The Morgan fingerprint density at radius 1 is 1.29 bits per heavy atom. The van der Waals surface area contributed by atoms with Gasteiger partial charge in [-0.25, -0.2) is 0 Å². The number of hydrogen-bond donors (Lipinski definition) is 3. The summed E-state index contributed by atoms with van der Waals surface area (Å²) in [7, 11) is 0. The van der Waals surface area contributed by atoms with Gasteiger partial charge < -0.3 is 16.4 Å². The molecule has 0 saturated heterocycles. The van der Waals surface area contributed by atoms with E-state index in [0.717, 1.165) is 19.3 Å². The molecule has 98 valence electrons. The van der Waals surface area contributed by atoms with E-state index in [0.29, 0.717) is 5.25 Å². The molecular weight excluding hydrogens is 238 g/mol. The number of carbonyl (C=O) groups excluding carboxylic acids is 2. The molecule has 1 saturated carbocycles. The van der Waals surface area contributed by atoms with E-state index in [-0.39, 0.29) is 30.9 Å². The Kier molecular flexibility index (Phi) is 6.36. The van der Waals surface area contributed by atoms with E-state index in [1.165, 1.54) is 6.42 Å². The molecule has 0 aliphatic heterocycles. The van der Waals surface area contributed by atoms with E-state index >= 15 is 0 Å². The fourth-order valence-corrected chi connectivity index (χ4v) is 2.99. The SMILES string of the molecule is CSC1CCCCC1NC(=O)CNC(=O)CN. The Morgan fingerprint density at radius 2 is 2.00 bits per heavy atom. The molecule has 0 spiro atoms. The van der Waals surface area contributed by atoms with Gasteiger partial charge in [0, 0.05) is 11.3 Å². The van der Waals surface area contributed by atoms with Crippen LogP contribution in [-0.2, 0) is 9.59 Å². The van der Waals surface area contributed by atoms with Gasteiger partial charge in [-0.2, -0.15) is 11.8 Å². The predicted octanol–water partition coefficient (Wildman–Crippen LogP) is -0.148. The van der Waals surface area contributed by atoms with Crippen molar-refractivity contribution in [1.82, 2.24) is 10.6 Å². The number of carbonyl (C=O) groups is 2. The van der Waals surface area contributed by atoms with Crippen molar-refractivity contribution >= 4 is 23.6 Å². The molecule has 0 radical (unpaired) electrons. The summed E-state index contributed by atoms with van der Waals surface area (Å²) in [4.78, 5) is 22.5. The second kappa shape index (κ2) is 7.55. The van der Waals surface area contributed by atoms with Crippen LogP contribution in [0.25, 0.3) is 0 Å². The van der Waals surface area contributed by atoms with Crippen molar-refractivity contribution in [1.29, 1.82) is 0 Å². The fraction of sp³-hybridized carbons (Fsp3) is 0.818. The van der Waals surface area contributed by atoms with E-state index in [9.17, 15) is 9.59 Å². The highest BCUT2D eigenvalue weighted by atomic mass is 32.2. The molecule has 1 aliphatic carbocycles. The minimum atomic E-state index is -0.301. The zero-order chi connectivity index (χ0) is 12.7. The second-order valence-corrected chi connectivity index (χ2v) is 5.29. The summed E-state index contributed by atoms with van der Waals surface area (Å²) in [6.07, 6.45) is 6.66. The van der Waals surface area contributed by atoms with Gasteiger partial charge in [0.25, 0.3) is 0 Å². The highest BCUT2D eigenvalue weighted by Gasteiger charge is 2.25. The van der Waals surface area contributed by atoms with E-state index in [4.69, 9.17) is 5.73 Å². The minimum absolute atomic E-state index is 0.0215. The van der Waals surface area contributed by atoms with E-state index < -0.39 is 0 Å². The molecule has 2 atom stereocenters. The molecule has 17 heavy (non-hydrogen) atoms. The smallest absolute Gasteiger partial charge is 0.239 e. The first kappa shape index (κ1) is 14.3. The summed E-state index contributed by atoms with van der Waals surface area (Å²) in [5.74, 6) is -0.428. The van der Waals surface area contributed by atoms with Crippen molar-refractivity contribution in [2.24, 2.45) is 5.73 Å². The molecule has 0 aromatic rings. The lowest BCUT2D eigenvalue weighted by Crippen LogP contribution is -2.48. The normalized spacial score (nSPS) is 24.1. The van der Waals surface area contributed by atoms with Gasteiger partial charge in [0.15, 0.2) is 0 Å². The number of hydrogen-bond acceptors (Lipinski definition) is 4. The summed E-state index contributed by atoms with van der Waals surface area (Å²) in [5, 5.41) is 5.95. The quantitative estimate of drug-likeness (QED) is 0.641. The number of rotatable bonds is 5. The molecule has 4 N–H and O–H groups in total. The average Bonchev–Trinajstić information content (AvgIpc) is 2.36. The fourth-order valence-electron chi connectivity index (χ4n) is 2.05. The maximum absolute atomic E-state index is 11.6. The minimum Gasteiger partial charge on any atom is -0.351 e. The van der Waals surface area contributed by atoms with Gasteiger partial charge in [0.05, 0.1) is 13.1 Å². The molecule has 2 amide bonds. The Bertz CT molecular complexity index is 273. The number of amides is 2. The Balaban J connectivity index is 2.31. The van der Waals surface area contributed by atoms with Crippen molar-refractivity contribution in [3.8, 4) is 0 Å². The van der Waals surface area contributed by atoms with E-state index in [1.807, 2.05) is 0 Å². The molecule has 0 bridgehead atoms. The number of nitrogens with two attached hydrogens (primary N) is 1. The molecule has 1 fully saturated rings. The van der Waals surface area contributed by atoms with Gasteiger partial charge in [-0.15, -0.1) is 0 Å². The third-order valence-corrected chi connectivity index (χ3v) is 4.15. The summed E-state index contributed by atoms with van der Waals surface area (Å²) in [5.41, 5.74) is 5.14. The number of nitrogens with one attached hydrogen (secondary N) is 2. The monoisotopic (exact) mass is 259 g/mol. The Labute approximate surface area is 106 Å². The highest BCUT2D eigenvalue weighted by Crippen LogP contribution is 2.26. The van der Waals surface area contributed by atoms with Crippen molar-refractivity contribution in [2.45, 2.75) is 37.0 Å². The Morgan fingerprint density at radius 3 is 2.65 bits per heavy atom. The van der Waals surface area contributed by atoms with Crippen LogP contribution in [0.4, 0.5) is 0 Å². The topological polar surface area (TPSA) is 84.2 Å². The van der Waals surface area contributed by atoms with Crippen LogP contribution in [0.3, 0.4) is 0 Å². The third kappa shape index (κ3) is 4.95. The van der Waals surface area contributed by atoms with Crippen LogP contribution >= 0.6 is 11.8 Å². The zero-order valence-corrected chi connectivity index (χ0v) is 11.0. The van der Waals surface area contributed by atoms with Gasteiger partial charge in [-0.05, 0) is 19.1 Å². The molecule has 5 nitrogen and oxygen atoms in total. The first-order valence-corrected chi connectivity index (χ1v) is 7.25. The van der Waals surface area contributed by atoms with Crippen molar-refractivity contribution in [3.05, 3.63) is 0 Å². The third-order valence-electron chi connectivity index (χ3n) is 2.98. The van der Waals surface area contributed by atoms with Gasteiger partial charge in [0.1, 0.15) is 0 Å². The van der Waals surface area contributed by atoms with Gasteiger partial charge in [0.2, 0.25) is 11.8 Å². The molecular formula is C11H21N3O2S. The van der Waals surface area contributed by atoms with Gasteiger partial charge in [-0.3, -0.25) is 9.59 Å². The van der Waals surface area contributed by atoms with Crippen LogP contribution in [-0.4, -0.2) is 42.5 Å². The largest absolute Gasteiger partial charge is 0.351 e. The van der Waals surface area contributed by atoms with Gasteiger partial charge in [-0.1, -0.05) is 12.8 Å². The summed E-state index contributed by atoms with van der Waals surface area (Å²) in [6, 6.07) is 0.237. The van der Waals surface area contributed by atoms with Gasteiger partial charge >= 0.3 is 0 Å². The maximum Gasteiger partial charge on any atom is 0.239 e. The van der Waals surface area contributed by atoms with Crippen molar-refractivity contribution in [2.75, 3.05) is 19.3 Å². The average molecular weight is 259 g/mol. The molecule has 1 rings (SSSR count). The number of thioether (sulfide) groups is 1. The van der Waals surface area contributed by atoms with E-state index in [1.54, 1.807) is 11.8 Å². The van der Waals surface area contributed by atoms with Crippen molar-refractivity contribution < 1.29 is 9.59 Å². The second-order valence-electron chi connectivity index (χ2n) is 4.21. The lowest BCUT2D eigenvalue weighted by molar-refractivity contribution is -0.125. The Hall–Kier alpha value is -0.750. The lowest BCUT2D eigenvalue weighted by Gasteiger charge is -2.30. The zero-order valence-electron chi connectivity index (χ0n) is 10.2. The van der Waals surface area contributed by atoms with Crippen LogP contribution in [0.1, 0.15) is 25.7 Å². The lowest BCUT2D eigenvalue weighted by atomic mass is 9.95. The van der Waals surface area contributed by atoms with Crippen molar-refractivity contribution in [3.63, 3.8) is 0 Å². The first-order valence-electron chi connectivity index (χ1n) is 5.96. The van der Waals surface area contributed by atoms with Crippen LogP contribution in [0, 0.1) is 0 Å². The van der Waals surface area contributed by atoms with Crippen LogP contribution < -0.4 is 16.4 Å². The first-order chi connectivity index (χ1) is 8.17. The standard InChI is InChI=1S/C11H21N3O2S/c1-17-9-5-3-2-4-8(9)14-11(16)7-13-10(15)6-12/h8-9H,2-7,12H2,1H3,(H,13,15)(H,14,16). The molecule has 0 aromatic carbocycles. The van der Waals surface area contributed by atoms with Crippen LogP contribution in [0.2, 0.25) is 0 Å². The maximum atomic E-state index is 11.6. The molecule has 0 aromatic heterocycles.